The lowest BCUT2D eigenvalue weighted by Crippen LogP contribution is -2.45. The number of likely N-dealkylation sites (N-methyl/N-ethyl adjacent to an activating group) is 1. The number of ether oxygens (including phenoxy) is 1. The van der Waals surface area contributed by atoms with Crippen LogP contribution < -0.4 is 11.1 Å². The van der Waals surface area contributed by atoms with E-state index in [1.165, 1.54) is 0 Å². The maximum absolute atomic E-state index is 6.11. The van der Waals surface area contributed by atoms with Crippen LogP contribution in [0.15, 0.2) is 18.2 Å². The van der Waals surface area contributed by atoms with Crippen molar-refractivity contribution < 1.29 is 4.74 Å². The van der Waals surface area contributed by atoms with Gasteiger partial charge in [0.15, 0.2) is 0 Å². The first-order chi connectivity index (χ1) is 8.69. The summed E-state index contributed by atoms with van der Waals surface area (Å²) in [5, 5.41) is 3.97. The Hall–Kier alpha value is -0.970. The molecule has 1 aromatic rings. The summed E-state index contributed by atoms with van der Waals surface area (Å²) in [6.07, 6.45) is 0.215. The average Bonchev–Trinajstić information content (AvgIpc) is 2.38. The van der Waals surface area contributed by atoms with Crippen molar-refractivity contribution in [3.8, 4) is 0 Å². The largest absolute Gasteiger partial charge is 0.399 e. The van der Waals surface area contributed by atoms with E-state index in [4.69, 9.17) is 22.1 Å². The van der Waals surface area contributed by atoms with Crippen LogP contribution in [0.5, 0.6) is 0 Å². The fourth-order valence-corrected chi connectivity index (χ4v) is 2.35. The zero-order chi connectivity index (χ0) is 13.0. The molecule has 1 saturated heterocycles. The number of anilines is 2. The van der Waals surface area contributed by atoms with Crippen molar-refractivity contribution in [1.82, 2.24) is 4.90 Å². The van der Waals surface area contributed by atoms with Gasteiger partial charge in [0, 0.05) is 25.3 Å². The number of nitrogen functional groups attached to an aromatic ring is 1. The van der Waals surface area contributed by atoms with Crippen LogP contribution >= 0.6 is 11.6 Å². The molecule has 1 unspecified atom stereocenters. The molecule has 1 aromatic carbocycles. The molecular weight excluding hydrogens is 250 g/mol. The fraction of sp³-hybridized carbons (Fsp3) is 0.538. The van der Waals surface area contributed by atoms with E-state index in [0.717, 1.165) is 38.5 Å². The minimum absolute atomic E-state index is 0.215. The van der Waals surface area contributed by atoms with Crippen molar-refractivity contribution in [3.05, 3.63) is 23.2 Å². The quantitative estimate of drug-likeness (QED) is 0.822. The molecule has 0 saturated carbocycles. The predicted molar refractivity (Wildman–Crippen MR) is 76.2 cm³/mol. The summed E-state index contributed by atoms with van der Waals surface area (Å²) in [4.78, 5) is 2.39. The Morgan fingerprint density at radius 1 is 1.56 bits per heavy atom. The van der Waals surface area contributed by atoms with Gasteiger partial charge in [-0.25, -0.2) is 0 Å². The molecule has 0 radical (unpaired) electrons. The zero-order valence-electron chi connectivity index (χ0n) is 10.7. The van der Waals surface area contributed by atoms with Crippen LogP contribution in [0.2, 0.25) is 5.02 Å². The lowest BCUT2D eigenvalue weighted by atomic mass is 10.2. The molecule has 0 amide bonds. The fourth-order valence-electron chi connectivity index (χ4n) is 2.09. The van der Waals surface area contributed by atoms with Crippen molar-refractivity contribution in [2.75, 3.05) is 43.8 Å². The highest BCUT2D eigenvalue weighted by atomic mass is 35.5. The van der Waals surface area contributed by atoms with Gasteiger partial charge in [-0.1, -0.05) is 18.5 Å². The van der Waals surface area contributed by atoms with Gasteiger partial charge >= 0.3 is 0 Å². The Kier molecular flexibility index (Phi) is 4.69. The summed E-state index contributed by atoms with van der Waals surface area (Å²) in [5.74, 6) is 0. The Morgan fingerprint density at radius 2 is 2.39 bits per heavy atom. The molecule has 5 heteroatoms. The molecule has 1 atom stereocenters. The summed E-state index contributed by atoms with van der Waals surface area (Å²) in [6.45, 7) is 6.80. The smallest absolute Gasteiger partial charge is 0.0874 e. The van der Waals surface area contributed by atoms with Gasteiger partial charge in [0.1, 0.15) is 0 Å². The molecular formula is C13H20ClN3O. The minimum Gasteiger partial charge on any atom is -0.399 e. The zero-order valence-corrected chi connectivity index (χ0v) is 11.4. The molecule has 0 spiro atoms. The first-order valence-electron chi connectivity index (χ1n) is 6.32. The van der Waals surface area contributed by atoms with Crippen LogP contribution in [0.4, 0.5) is 11.4 Å². The Morgan fingerprint density at radius 3 is 3.11 bits per heavy atom. The first-order valence-corrected chi connectivity index (χ1v) is 6.69. The van der Waals surface area contributed by atoms with Gasteiger partial charge in [0.2, 0.25) is 0 Å². The van der Waals surface area contributed by atoms with E-state index in [-0.39, 0.29) is 6.10 Å². The SMILES string of the molecule is CCN1CCOC(CNc2ccc(N)cc2Cl)C1. The van der Waals surface area contributed by atoms with Crippen molar-refractivity contribution in [1.29, 1.82) is 0 Å². The topological polar surface area (TPSA) is 50.5 Å². The van der Waals surface area contributed by atoms with E-state index in [2.05, 4.69) is 17.1 Å². The molecule has 2 rings (SSSR count). The Balaban J connectivity index is 1.87. The Bertz CT molecular complexity index is 400. The molecule has 100 valence electrons. The van der Waals surface area contributed by atoms with Gasteiger partial charge in [-0.15, -0.1) is 0 Å². The maximum atomic E-state index is 6.11. The van der Waals surface area contributed by atoms with Crippen LogP contribution in [0.25, 0.3) is 0 Å². The highest BCUT2D eigenvalue weighted by Gasteiger charge is 2.19. The third kappa shape index (κ3) is 3.51. The van der Waals surface area contributed by atoms with Crippen LogP contribution in [0, 0.1) is 0 Å². The third-order valence-corrected chi connectivity index (χ3v) is 3.50. The number of nitrogens with two attached hydrogens (primary N) is 1. The molecule has 0 aromatic heterocycles. The van der Waals surface area contributed by atoms with Gasteiger partial charge in [0.05, 0.1) is 23.4 Å². The molecule has 3 N–H and O–H groups in total. The number of nitrogens with one attached hydrogen (secondary N) is 1. The van der Waals surface area contributed by atoms with Crippen LogP contribution in [0.3, 0.4) is 0 Å². The molecule has 0 bridgehead atoms. The second-order valence-electron chi connectivity index (χ2n) is 4.51. The highest BCUT2D eigenvalue weighted by Crippen LogP contribution is 2.24. The summed E-state index contributed by atoms with van der Waals surface area (Å²) >= 11 is 6.11. The molecule has 1 heterocycles. The normalized spacial score (nSPS) is 20.9. The van der Waals surface area contributed by atoms with E-state index < -0.39 is 0 Å². The standard InChI is InChI=1S/C13H20ClN3O/c1-2-17-5-6-18-11(9-17)8-16-13-4-3-10(15)7-12(13)14/h3-4,7,11,16H,2,5-6,8-9,15H2,1H3. The lowest BCUT2D eigenvalue weighted by Gasteiger charge is -2.32. The maximum Gasteiger partial charge on any atom is 0.0874 e. The number of rotatable bonds is 4. The van der Waals surface area contributed by atoms with Gasteiger partial charge in [0.25, 0.3) is 0 Å². The number of hydrogen-bond acceptors (Lipinski definition) is 4. The van der Waals surface area contributed by atoms with E-state index in [9.17, 15) is 0 Å². The summed E-state index contributed by atoms with van der Waals surface area (Å²) in [7, 11) is 0. The minimum atomic E-state index is 0.215. The van der Waals surface area contributed by atoms with E-state index in [0.29, 0.717) is 10.7 Å². The molecule has 1 aliphatic rings. The number of morpholine rings is 1. The van der Waals surface area contributed by atoms with Gasteiger partial charge in [-0.3, -0.25) is 4.90 Å². The first kappa shape index (κ1) is 13.5. The number of halogens is 1. The molecule has 4 nitrogen and oxygen atoms in total. The van der Waals surface area contributed by atoms with E-state index in [1.807, 2.05) is 12.1 Å². The monoisotopic (exact) mass is 269 g/mol. The van der Waals surface area contributed by atoms with Gasteiger partial charge in [-0.05, 0) is 24.7 Å². The van der Waals surface area contributed by atoms with Crippen LogP contribution in [0.1, 0.15) is 6.92 Å². The van der Waals surface area contributed by atoms with E-state index in [1.54, 1.807) is 6.07 Å². The third-order valence-electron chi connectivity index (χ3n) is 3.18. The van der Waals surface area contributed by atoms with Crippen molar-refractivity contribution in [2.24, 2.45) is 0 Å². The number of benzene rings is 1. The highest BCUT2D eigenvalue weighted by molar-refractivity contribution is 6.33. The molecule has 1 fully saturated rings. The van der Waals surface area contributed by atoms with Crippen molar-refractivity contribution >= 4 is 23.0 Å². The Labute approximate surface area is 113 Å². The number of nitrogens with zero attached hydrogens (tertiary/aromatic N) is 1. The van der Waals surface area contributed by atoms with Crippen LogP contribution in [-0.4, -0.2) is 43.8 Å². The summed E-state index contributed by atoms with van der Waals surface area (Å²) < 4.78 is 5.72. The predicted octanol–water partition coefficient (Wildman–Crippen LogP) is 2.05. The summed E-state index contributed by atoms with van der Waals surface area (Å²) in [5.41, 5.74) is 7.24. The van der Waals surface area contributed by atoms with Gasteiger partial charge in [-0.2, -0.15) is 0 Å². The molecule has 0 aliphatic carbocycles. The second-order valence-corrected chi connectivity index (χ2v) is 4.91. The number of hydrogen-bond donors (Lipinski definition) is 2. The lowest BCUT2D eigenvalue weighted by molar-refractivity contribution is -0.0191. The average molecular weight is 270 g/mol. The molecule has 18 heavy (non-hydrogen) atoms. The van der Waals surface area contributed by atoms with Crippen molar-refractivity contribution in [3.63, 3.8) is 0 Å². The second kappa shape index (κ2) is 6.27. The summed E-state index contributed by atoms with van der Waals surface area (Å²) in [6, 6.07) is 5.50. The van der Waals surface area contributed by atoms with Gasteiger partial charge < -0.3 is 15.8 Å². The molecule has 1 aliphatic heterocycles. The van der Waals surface area contributed by atoms with Crippen LogP contribution in [-0.2, 0) is 4.74 Å². The van der Waals surface area contributed by atoms with Crippen molar-refractivity contribution in [2.45, 2.75) is 13.0 Å². The van der Waals surface area contributed by atoms with E-state index >= 15 is 0 Å².